The molecule has 4 unspecified atom stereocenters. The predicted molar refractivity (Wildman–Crippen MR) is 50.2 cm³/mol. The van der Waals surface area contributed by atoms with Crippen molar-refractivity contribution in [3.8, 4) is 0 Å². The van der Waals surface area contributed by atoms with Crippen LogP contribution in [0.5, 0.6) is 0 Å². The van der Waals surface area contributed by atoms with Crippen LogP contribution in [-0.2, 0) is 9.53 Å². The Balaban J connectivity index is 1.75. The zero-order valence-corrected chi connectivity index (χ0v) is 8.45. The molecule has 0 aromatic carbocycles. The van der Waals surface area contributed by atoms with Gasteiger partial charge in [-0.05, 0) is 37.5 Å². The summed E-state index contributed by atoms with van der Waals surface area (Å²) in [6, 6.07) is 0. The molecule has 0 radical (unpaired) electrons. The Morgan fingerprint density at radius 2 is 1.92 bits per heavy atom. The molecule has 2 nitrogen and oxygen atoms in total. The number of rotatable bonds is 2. The van der Waals surface area contributed by atoms with Gasteiger partial charge in [0.25, 0.3) is 0 Å². The molecule has 0 aromatic rings. The lowest BCUT2D eigenvalue weighted by Crippen LogP contribution is -2.16. The summed E-state index contributed by atoms with van der Waals surface area (Å²) in [5.74, 6) is 1.61. The standard InChI is InChI=1S/C11H18O2/c1-7-3-4-9(5-7)13-11(12)10-6-8(10)2/h7-10H,3-6H2,1-2H3. The maximum Gasteiger partial charge on any atom is 0.309 e. The monoisotopic (exact) mass is 182 g/mol. The van der Waals surface area contributed by atoms with Crippen LogP contribution in [0.2, 0.25) is 0 Å². The molecule has 13 heavy (non-hydrogen) atoms. The largest absolute Gasteiger partial charge is 0.462 e. The van der Waals surface area contributed by atoms with Crippen LogP contribution in [-0.4, -0.2) is 12.1 Å². The van der Waals surface area contributed by atoms with Crippen molar-refractivity contribution in [2.24, 2.45) is 17.8 Å². The predicted octanol–water partition coefficient (Wildman–Crippen LogP) is 2.37. The quantitative estimate of drug-likeness (QED) is 0.613. The summed E-state index contributed by atoms with van der Waals surface area (Å²) in [4.78, 5) is 11.5. The minimum absolute atomic E-state index is 0.0617. The van der Waals surface area contributed by atoms with Crippen molar-refractivity contribution < 1.29 is 9.53 Å². The van der Waals surface area contributed by atoms with Gasteiger partial charge >= 0.3 is 5.97 Å². The Bertz CT molecular complexity index is 212. The second-order valence-corrected chi connectivity index (χ2v) is 4.80. The molecule has 2 saturated carbocycles. The van der Waals surface area contributed by atoms with Gasteiger partial charge in [0.15, 0.2) is 0 Å². The van der Waals surface area contributed by atoms with Crippen LogP contribution in [0.1, 0.15) is 39.5 Å². The molecule has 0 spiro atoms. The van der Waals surface area contributed by atoms with Crippen LogP contribution in [0.15, 0.2) is 0 Å². The van der Waals surface area contributed by atoms with Gasteiger partial charge < -0.3 is 4.74 Å². The van der Waals surface area contributed by atoms with Gasteiger partial charge in [0.1, 0.15) is 6.10 Å². The van der Waals surface area contributed by atoms with E-state index in [2.05, 4.69) is 13.8 Å². The molecule has 0 amide bonds. The third kappa shape index (κ3) is 2.04. The van der Waals surface area contributed by atoms with Gasteiger partial charge in [-0.3, -0.25) is 4.79 Å². The molecule has 2 heteroatoms. The molecule has 2 aliphatic rings. The van der Waals surface area contributed by atoms with Crippen LogP contribution in [0.25, 0.3) is 0 Å². The van der Waals surface area contributed by atoms with Crippen molar-refractivity contribution >= 4 is 5.97 Å². The number of hydrogen-bond acceptors (Lipinski definition) is 2. The van der Waals surface area contributed by atoms with Crippen molar-refractivity contribution in [3.05, 3.63) is 0 Å². The summed E-state index contributed by atoms with van der Waals surface area (Å²) in [5, 5.41) is 0. The van der Waals surface area contributed by atoms with Crippen molar-refractivity contribution in [1.82, 2.24) is 0 Å². The van der Waals surface area contributed by atoms with Crippen LogP contribution in [0.3, 0.4) is 0 Å². The first-order valence-corrected chi connectivity index (χ1v) is 5.37. The smallest absolute Gasteiger partial charge is 0.309 e. The molecule has 0 heterocycles. The third-order valence-electron chi connectivity index (χ3n) is 3.34. The zero-order chi connectivity index (χ0) is 9.42. The zero-order valence-electron chi connectivity index (χ0n) is 8.45. The number of carbonyl (C=O) groups is 1. The molecule has 74 valence electrons. The second-order valence-electron chi connectivity index (χ2n) is 4.80. The lowest BCUT2D eigenvalue weighted by atomic mass is 10.1. The first kappa shape index (κ1) is 9.04. The third-order valence-corrected chi connectivity index (χ3v) is 3.34. The van der Waals surface area contributed by atoms with E-state index in [4.69, 9.17) is 4.74 Å². The minimum Gasteiger partial charge on any atom is -0.462 e. The molecule has 4 atom stereocenters. The highest BCUT2D eigenvalue weighted by atomic mass is 16.5. The molecule has 2 fully saturated rings. The van der Waals surface area contributed by atoms with Crippen molar-refractivity contribution in [1.29, 1.82) is 0 Å². The average molecular weight is 182 g/mol. The molecule has 2 rings (SSSR count). The maximum atomic E-state index is 11.5. The molecule has 0 aliphatic heterocycles. The van der Waals surface area contributed by atoms with E-state index in [9.17, 15) is 4.79 Å². The molecular weight excluding hydrogens is 164 g/mol. The second kappa shape index (κ2) is 3.32. The van der Waals surface area contributed by atoms with Crippen LogP contribution in [0.4, 0.5) is 0 Å². The molecular formula is C11H18O2. The van der Waals surface area contributed by atoms with Gasteiger partial charge in [0, 0.05) is 0 Å². The van der Waals surface area contributed by atoms with Crippen molar-refractivity contribution in [2.45, 2.75) is 45.6 Å². The normalized spacial score (nSPS) is 43.2. The van der Waals surface area contributed by atoms with Gasteiger partial charge in [-0.2, -0.15) is 0 Å². The van der Waals surface area contributed by atoms with E-state index in [0.29, 0.717) is 5.92 Å². The Labute approximate surface area is 79.7 Å². The van der Waals surface area contributed by atoms with E-state index in [-0.39, 0.29) is 18.0 Å². The summed E-state index contributed by atoms with van der Waals surface area (Å²) in [7, 11) is 0. The highest BCUT2D eigenvalue weighted by molar-refractivity contribution is 5.75. The molecule has 0 saturated heterocycles. The van der Waals surface area contributed by atoms with E-state index in [1.807, 2.05) is 0 Å². The summed E-state index contributed by atoms with van der Waals surface area (Å²) >= 11 is 0. The fourth-order valence-corrected chi connectivity index (χ4v) is 2.16. The van der Waals surface area contributed by atoms with E-state index in [1.165, 1.54) is 6.42 Å². The fraction of sp³-hybridized carbons (Fsp3) is 0.909. The lowest BCUT2D eigenvalue weighted by molar-refractivity contribution is -0.150. The Morgan fingerprint density at radius 3 is 2.38 bits per heavy atom. The number of carbonyl (C=O) groups excluding carboxylic acids is 1. The Kier molecular flexibility index (Phi) is 2.31. The number of esters is 1. The molecule has 0 N–H and O–H groups in total. The summed E-state index contributed by atoms with van der Waals surface area (Å²) in [6.45, 7) is 4.34. The Morgan fingerprint density at radius 1 is 1.23 bits per heavy atom. The fourth-order valence-electron chi connectivity index (χ4n) is 2.16. The SMILES string of the molecule is CC1CCC(OC(=O)C2CC2C)C1. The van der Waals surface area contributed by atoms with Gasteiger partial charge in [-0.1, -0.05) is 13.8 Å². The molecule has 0 bridgehead atoms. The lowest BCUT2D eigenvalue weighted by Gasteiger charge is -2.11. The summed E-state index contributed by atoms with van der Waals surface area (Å²) in [6.07, 6.45) is 4.65. The van der Waals surface area contributed by atoms with Crippen molar-refractivity contribution in [3.63, 3.8) is 0 Å². The number of hydrogen-bond donors (Lipinski definition) is 0. The number of ether oxygens (including phenoxy) is 1. The van der Waals surface area contributed by atoms with E-state index < -0.39 is 0 Å². The minimum atomic E-state index is 0.0617. The topological polar surface area (TPSA) is 26.3 Å². The van der Waals surface area contributed by atoms with Gasteiger partial charge in [0.05, 0.1) is 5.92 Å². The molecule has 2 aliphatic carbocycles. The van der Waals surface area contributed by atoms with Gasteiger partial charge in [-0.25, -0.2) is 0 Å². The van der Waals surface area contributed by atoms with Gasteiger partial charge in [-0.15, -0.1) is 0 Å². The maximum absolute atomic E-state index is 11.5. The average Bonchev–Trinajstić information content (AvgIpc) is 2.66. The van der Waals surface area contributed by atoms with E-state index in [0.717, 1.165) is 25.2 Å². The van der Waals surface area contributed by atoms with Crippen molar-refractivity contribution in [2.75, 3.05) is 0 Å². The highest BCUT2D eigenvalue weighted by Gasteiger charge is 2.41. The van der Waals surface area contributed by atoms with Crippen LogP contribution < -0.4 is 0 Å². The molecule has 0 aromatic heterocycles. The Hall–Kier alpha value is -0.530. The van der Waals surface area contributed by atoms with E-state index >= 15 is 0 Å². The first-order valence-electron chi connectivity index (χ1n) is 5.37. The first-order chi connectivity index (χ1) is 6.16. The summed E-state index contributed by atoms with van der Waals surface area (Å²) < 4.78 is 5.44. The van der Waals surface area contributed by atoms with Gasteiger partial charge in [0.2, 0.25) is 0 Å². The summed E-state index contributed by atoms with van der Waals surface area (Å²) in [5.41, 5.74) is 0. The van der Waals surface area contributed by atoms with E-state index in [1.54, 1.807) is 0 Å². The van der Waals surface area contributed by atoms with Crippen LogP contribution in [0, 0.1) is 17.8 Å². The highest BCUT2D eigenvalue weighted by Crippen LogP contribution is 2.39. The van der Waals surface area contributed by atoms with Crippen LogP contribution >= 0.6 is 0 Å².